The second-order valence-corrected chi connectivity index (χ2v) is 8.85. The van der Waals surface area contributed by atoms with Crippen LogP contribution in [0.4, 0.5) is 0 Å². The van der Waals surface area contributed by atoms with Crippen LogP contribution in [0.3, 0.4) is 0 Å². The van der Waals surface area contributed by atoms with E-state index in [0.717, 1.165) is 30.3 Å². The predicted octanol–water partition coefficient (Wildman–Crippen LogP) is 2.63. The molecule has 1 saturated heterocycles. The molecular weight excluding hydrogens is 436 g/mol. The van der Waals surface area contributed by atoms with Crippen molar-refractivity contribution in [3.05, 3.63) is 47.6 Å². The number of carbonyl (C=O) groups excluding carboxylic acids is 3. The number of para-hydroxylation sites is 2. The lowest BCUT2D eigenvalue weighted by molar-refractivity contribution is -0.137. The molecule has 1 aliphatic rings. The van der Waals surface area contributed by atoms with E-state index in [0.29, 0.717) is 18.1 Å². The van der Waals surface area contributed by atoms with Crippen LogP contribution in [-0.4, -0.2) is 56.4 Å². The van der Waals surface area contributed by atoms with E-state index in [2.05, 4.69) is 25.8 Å². The summed E-state index contributed by atoms with van der Waals surface area (Å²) in [5.41, 5.74) is 1.71. The van der Waals surface area contributed by atoms with Gasteiger partial charge >= 0.3 is 0 Å². The standard InChI is InChI=1S/C24H30N6O4/c1-14-8-6-7-11-30(14)21(31)13-19(28-24(33)20-12-15(2)34-29-20)23(32)25-16(3)22-26-17-9-4-5-10-18(17)27-22/h4-5,9-10,12,14,16,19H,6-8,11,13H2,1-3H3,(H,25,32)(H,26,27)(H,28,33)/t14-,16?,19-/m0/s1. The molecule has 1 unspecified atom stereocenters. The van der Waals surface area contributed by atoms with Gasteiger partial charge in [-0.1, -0.05) is 17.3 Å². The minimum atomic E-state index is -1.07. The van der Waals surface area contributed by atoms with Crippen molar-refractivity contribution in [2.75, 3.05) is 6.54 Å². The Morgan fingerprint density at radius 2 is 2.03 bits per heavy atom. The first-order chi connectivity index (χ1) is 16.3. The number of nitrogens with one attached hydrogen (secondary N) is 3. The highest BCUT2D eigenvalue weighted by Gasteiger charge is 2.31. The van der Waals surface area contributed by atoms with Crippen LogP contribution in [0.2, 0.25) is 0 Å². The lowest BCUT2D eigenvalue weighted by Gasteiger charge is -2.34. The van der Waals surface area contributed by atoms with E-state index in [9.17, 15) is 14.4 Å². The van der Waals surface area contributed by atoms with E-state index in [1.165, 1.54) is 6.07 Å². The average Bonchev–Trinajstić information content (AvgIpc) is 3.45. The first-order valence-electron chi connectivity index (χ1n) is 11.6. The van der Waals surface area contributed by atoms with Gasteiger partial charge in [0.25, 0.3) is 5.91 Å². The summed E-state index contributed by atoms with van der Waals surface area (Å²) < 4.78 is 4.97. The first-order valence-corrected chi connectivity index (χ1v) is 11.6. The fourth-order valence-corrected chi connectivity index (χ4v) is 4.24. The van der Waals surface area contributed by atoms with Gasteiger partial charge in [-0.15, -0.1) is 0 Å². The van der Waals surface area contributed by atoms with E-state index in [1.807, 2.05) is 31.2 Å². The van der Waals surface area contributed by atoms with Crippen molar-refractivity contribution in [1.82, 2.24) is 30.7 Å². The molecule has 1 aliphatic heterocycles. The SMILES string of the molecule is Cc1cc(C(=O)N[C@@H](CC(=O)N2CCCC[C@@H]2C)C(=O)NC(C)c2nc3ccccc3[nH]2)no1. The molecule has 0 bridgehead atoms. The molecule has 1 fully saturated rings. The van der Waals surface area contributed by atoms with E-state index in [1.54, 1.807) is 18.7 Å². The van der Waals surface area contributed by atoms with Crippen LogP contribution in [0.5, 0.6) is 0 Å². The maximum atomic E-state index is 13.2. The van der Waals surface area contributed by atoms with Gasteiger partial charge in [0, 0.05) is 18.7 Å². The van der Waals surface area contributed by atoms with Crippen LogP contribution in [-0.2, 0) is 9.59 Å². The monoisotopic (exact) mass is 466 g/mol. The van der Waals surface area contributed by atoms with Crippen LogP contribution in [0.25, 0.3) is 11.0 Å². The Bertz CT molecular complexity index is 1150. The van der Waals surface area contributed by atoms with Crippen LogP contribution < -0.4 is 10.6 Å². The summed E-state index contributed by atoms with van der Waals surface area (Å²) in [7, 11) is 0. The Labute approximate surface area is 197 Å². The fraction of sp³-hybridized carbons (Fsp3) is 0.458. The Morgan fingerprint density at radius 3 is 2.74 bits per heavy atom. The maximum absolute atomic E-state index is 13.2. The number of rotatable bonds is 7. The van der Waals surface area contributed by atoms with Crippen molar-refractivity contribution in [2.24, 2.45) is 0 Å². The van der Waals surface area contributed by atoms with Crippen LogP contribution in [0, 0.1) is 6.92 Å². The lowest BCUT2D eigenvalue weighted by Crippen LogP contribution is -2.51. The number of likely N-dealkylation sites (tertiary alicyclic amines) is 1. The third-order valence-corrected chi connectivity index (χ3v) is 6.16. The minimum absolute atomic E-state index is 0.0550. The zero-order valence-corrected chi connectivity index (χ0v) is 19.6. The number of hydrogen-bond acceptors (Lipinski definition) is 6. The van der Waals surface area contributed by atoms with Crippen molar-refractivity contribution in [3.8, 4) is 0 Å². The molecule has 0 saturated carbocycles. The topological polar surface area (TPSA) is 133 Å². The highest BCUT2D eigenvalue weighted by Crippen LogP contribution is 2.19. The molecule has 4 rings (SSSR count). The summed E-state index contributed by atoms with van der Waals surface area (Å²) in [6.45, 7) is 6.13. The van der Waals surface area contributed by atoms with Crippen molar-refractivity contribution >= 4 is 28.8 Å². The van der Waals surface area contributed by atoms with E-state index >= 15 is 0 Å². The second-order valence-electron chi connectivity index (χ2n) is 8.85. The molecule has 2 aromatic heterocycles. The lowest BCUT2D eigenvalue weighted by atomic mass is 10.0. The predicted molar refractivity (Wildman–Crippen MR) is 125 cm³/mol. The third-order valence-electron chi connectivity index (χ3n) is 6.16. The summed E-state index contributed by atoms with van der Waals surface area (Å²) in [5, 5.41) is 9.25. The van der Waals surface area contributed by atoms with Gasteiger partial charge in [0.15, 0.2) is 5.69 Å². The van der Waals surface area contributed by atoms with Crippen LogP contribution >= 0.6 is 0 Å². The Balaban J connectivity index is 1.49. The van der Waals surface area contributed by atoms with E-state index in [4.69, 9.17) is 4.52 Å². The quantitative estimate of drug-likeness (QED) is 0.490. The van der Waals surface area contributed by atoms with Crippen LogP contribution in [0.15, 0.2) is 34.9 Å². The van der Waals surface area contributed by atoms with Crippen molar-refractivity contribution < 1.29 is 18.9 Å². The van der Waals surface area contributed by atoms with Gasteiger partial charge in [-0.25, -0.2) is 4.98 Å². The number of aromatic nitrogens is 3. The van der Waals surface area contributed by atoms with Gasteiger partial charge in [0.05, 0.1) is 23.5 Å². The molecule has 34 heavy (non-hydrogen) atoms. The number of H-pyrrole nitrogens is 1. The molecule has 10 heteroatoms. The normalized spacial score (nSPS) is 17.9. The molecule has 3 N–H and O–H groups in total. The average molecular weight is 467 g/mol. The number of aromatic amines is 1. The number of piperidine rings is 1. The molecule has 3 heterocycles. The number of nitrogens with zero attached hydrogens (tertiary/aromatic N) is 3. The number of carbonyl (C=O) groups is 3. The summed E-state index contributed by atoms with van der Waals surface area (Å²) in [4.78, 5) is 48.5. The number of hydrogen-bond donors (Lipinski definition) is 3. The molecule has 3 aromatic rings. The van der Waals surface area contributed by atoms with E-state index in [-0.39, 0.29) is 24.1 Å². The smallest absolute Gasteiger partial charge is 0.274 e. The maximum Gasteiger partial charge on any atom is 0.274 e. The minimum Gasteiger partial charge on any atom is -0.361 e. The van der Waals surface area contributed by atoms with Crippen molar-refractivity contribution in [2.45, 2.75) is 64.6 Å². The van der Waals surface area contributed by atoms with Gasteiger partial charge in [-0.3, -0.25) is 14.4 Å². The van der Waals surface area contributed by atoms with Gasteiger partial charge in [-0.05, 0) is 52.2 Å². The van der Waals surface area contributed by atoms with Gasteiger partial charge in [-0.2, -0.15) is 0 Å². The zero-order chi connectivity index (χ0) is 24.2. The molecule has 0 aliphatic carbocycles. The molecule has 0 spiro atoms. The van der Waals surface area contributed by atoms with Crippen molar-refractivity contribution in [3.63, 3.8) is 0 Å². The number of amides is 3. The second kappa shape index (κ2) is 10.1. The number of fused-ring (bicyclic) bond motifs is 1. The van der Waals surface area contributed by atoms with Crippen LogP contribution in [0.1, 0.15) is 67.6 Å². The number of imidazole rings is 1. The van der Waals surface area contributed by atoms with Gasteiger partial charge in [0.1, 0.15) is 17.6 Å². The molecule has 3 atom stereocenters. The fourth-order valence-electron chi connectivity index (χ4n) is 4.24. The molecule has 10 nitrogen and oxygen atoms in total. The number of aryl methyl sites for hydroxylation is 1. The highest BCUT2D eigenvalue weighted by atomic mass is 16.5. The summed E-state index contributed by atoms with van der Waals surface area (Å²) in [6.07, 6.45) is 2.79. The Morgan fingerprint density at radius 1 is 1.24 bits per heavy atom. The highest BCUT2D eigenvalue weighted by molar-refractivity contribution is 5.97. The number of benzene rings is 1. The molecule has 1 aromatic carbocycles. The molecule has 0 radical (unpaired) electrons. The van der Waals surface area contributed by atoms with E-state index < -0.39 is 23.9 Å². The Hall–Kier alpha value is -3.69. The van der Waals surface area contributed by atoms with Gasteiger partial charge < -0.3 is 25.0 Å². The molecule has 3 amide bonds. The van der Waals surface area contributed by atoms with Gasteiger partial charge in [0.2, 0.25) is 11.8 Å². The molecule has 180 valence electrons. The largest absolute Gasteiger partial charge is 0.361 e. The zero-order valence-electron chi connectivity index (χ0n) is 19.6. The summed E-state index contributed by atoms with van der Waals surface area (Å²) in [6, 6.07) is 7.63. The van der Waals surface area contributed by atoms with Crippen molar-refractivity contribution in [1.29, 1.82) is 0 Å². The summed E-state index contributed by atoms with van der Waals surface area (Å²) >= 11 is 0. The summed E-state index contributed by atoms with van der Waals surface area (Å²) in [5.74, 6) is -0.154. The molecular formula is C24H30N6O4. The third kappa shape index (κ3) is 5.27. The Kier molecular flexibility index (Phi) is 6.95. The first kappa shape index (κ1) is 23.5.